The fourth-order valence-corrected chi connectivity index (χ4v) is 2.52. The van der Waals surface area contributed by atoms with Gasteiger partial charge in [-0.15, -0.1) is 0 Å². The molecule has 0 spiro atoms. The Bertz CT molecular complexity index is 579. The first-order chi connectivity index (χ1) is 9.40. The maximum atomic E-state index is 13.0. The molecule has 4 N–H and O–H groups in total. The second-order valence-corrected chi connectivity index (χ2v) is 5.20. The van der Waals surface area contributed by atoms with E-state index in [2.05, 4.69) is 0 Å². The molecule has 2 rings (SSSR count). The van der Waals surface area contributed by atoms with Gasteiger partial charge in [-0.25, -0.2) is 8.78 Å². The molecule has 6 heteroatoms. The smallest absolute Gasteiger partial charge is 0.124 e. The summed E-state index contributed by atoms with van der Waals surface area (Å²) in [6.45, 7) is 0. The highest BCUT2D eigenvalue weighted by atomic mass is 35.5. The molecule has 0 aromatic heterocycles. The van der Waals surface area contributed by atoms with E-state index in [0.29, 0.717) is 11.1 Å². The second-order valence-electron chi connectivity index (χ2n) is 4.38. The maximum absolute atomic E-state index is 13.0. The summed E-state index contributed by atoms with van der Waals surface area (Å²) < 4.78 is 26.0. The number of rotatable bonds is 3. The first-order valence-corrected chi connectivity index (χ1v) is 6.57. The lowest BCUT2D eigenvalue weighted by atomic mass is 9.94. The molecule has 2 unspecified atom stereocenters. The summed E-state index contributed by atoms with van der Waals surface area (Å²) in [6.07, 6.45) is 0. The summed E-state index contributed by atoms with van der Waals surface area (Å²) in [5, 5.41) is 0.373. The van der Waals surface area contributed by atoms with E-state index in [-0.39, 0.29) is 10.0 Å². The molecule has 0 saturated heterocycles. The van der Waals surface area contributed by atoms with Crippen LogP contribution in [0.3, 0.4) is 0 Å². The van der Waals surface area contributed by atoms with Gasteiger partial charge in [0.05, 0.1) is 12.1 Å². The summed E-state index contributed by atoms with van der Waals surface area (Å²) in [6, 6.07) is 6.39. The number of halogens is 4. The first-order valence-electron chi connectivity index (χ1n) is 5.81. The highest BCUT2D eigenvalue weighted by molar-refractivity contribution is 6.31. The van der Waals surface area contributed by atoms with Gasteiger partial charge >= 0.3 is 0 Å². The van der Waals surface area contributed by atoms with Crippen LogP contribution < -0.4 is 11.5 Å². The molecule has 0 aliphatic carbocycles. The van der Waals surface area contributed by atoms with Crippen LogP contribution >= 0.6 is 23.2 Å². The number of hydrogen-bond acceptors (Lipinski definition) is 2. The molecular formula is C14H12Cl2F2N2. The number of hydrogen-bond donors (Lipinski definition) is 2. The van der Waals surface area contributed by atoms with Crippen molar-refractivity contribution in [3.8, 4) is 0 Å². The molecule has 20 heavy (non-hydrogen) atoms. The van der Waals surface area contributed by atoms with Gasteiger partial charge in [-0.05, 0) is 35.4 Å². The van der Waals surface area contributed by atoms with Crippen LogP contribution in [0.5, 0.6) is 0 Å². The zero-order chi connectivity index (χ0) is 14.9. The van der Waals surface area contributed by atoms with E-state index >= 15 is 0 Å². The monoisotopic (exact) mass is 316 g/mol. The van der Waals surface area contributed by atoms with Crippen LogP contribution in [0.15, 0.2) is 36.4 Å². The van der Waals surface area contributed by atoms with Gasteiger partial charge in [-0.3, -0.25) is 0 Å². The van der Waals surface area contributed by atoms with Crippen molar-refractivity contribution >= 4 is 23.2 Å². The molecule has 0 aliphatic heterocycles. The van der Waals surface area contributed by atoms with E-state index in [0.717, 1.165) is 12.1 Å². The molecule has 2 aromatic carbocycles. The van der Waals surface area contributed by atoms with Crippen LogP contribution in [0.4, 0.5) is 8.78 Å². The average Bonchev–Trinajstić information content (AvgIpc) is 2.37. The van der Waals surface area contributed by atoms with Crippen molar-refractivity contribution in [2.75, 3.05) is 0 Å². The Hall–Kier alpha value is -1.20. The van der Waals surface area contributed by atoms with Crippen LogP contribution in [-0.4, -0.2) is 0 Å². The Morgan fingerprint density at radius 1 is 0.750 bits per heavy atom. The van der Waals surface area contributed by atoms with Gasteiger partial charge < -0.3 is 11.5 Å². The van der Waals surface area contributed by atoms with Crippen molar-refractivity contribution in [1.29, 1.82) is 0 Å². The maximum Gasteiger partial charge on any atom is 0.124 e. The molecule has 0 radical (unpaired) electrons. The van der Waals surface area contributed by atoms with Crippen LogP contribution in [0.25, 0.3) is 0 Å². The molecule has 0 saturated carbocycles. The van der Waals surface area contributed by atoms with Crippen molar-refractivity contribution < 1.29 is 8.78 Å². The van der Waals surface area contributed by atoms with Gasteiger partial charge in [0.15, 0.2) is 0 Å². The van der Waals surface area contributed by atoms with Gasteiger partial charge in [0.1, 0.15) is 11.6 Å². The van der Waals surface area contributed by atoms with Crippen molar-refractivity contribution in [2.45, 2.75) is 12.1 Å². The zero-order valence-corrected chi connectivity index (χ0v) is 11.8. The van der Waals surface area contributed by atoms with Crippen LogP contribution in [0.2, 0.25) is 10.0 Å². The fraction of sp³-hybridized carbons (Fsp3) is 0.143. The Labute approximate surface area is 125 Å². The summed E-state index contributed by atoms with van der Waals surface area (Å²) in [7, 11) is 0. The van der Waals surface area contributed by atoms with E-state index in [1.165, 1.54) is 24.3 Å². The lowest BCUT2D eigenvalue weighted by Gasteiger charge is -2.22. The van der Waals surface area contributed by atoms with E-state index in [1.54, 1.807) is 0 Å². The average molecular weight is 317 g/mol. The molecule has 0 aliphatic rings. The number of nitrogens with two attached hydrogens (primary N) is 2. The summed E-state index contributed by atoms with van der Waals surface area (Å²) in [5.41, 5.74) is 13.1. The van der Waals surface area contributed by atoms with Gasteiger partial charge in [0.25, 0.3) is 0 Å². The van der Waals surface area contributed by atoms with Crippen LogP contribution in [0.1, 0.15) is 23.2 Å². The summed E-state index contributed by atoms with van der Waals surface area (Å²) in [5.74, 6) is -0.918. The van der Waals surface area contributed by atoms with Crippen LogP contribution in [0, 0.1) is 11.6 Å². The molecule has 106 valence electrons. The second kappa shape index (κ2) is 6.06. The van der Waals surface area contributed by atoms with E-state index < -0.39 is 23.7 Å². The van der Waals surface area contributed by atoms with E-state index in [4.69, 9.17) is 34.7 Å². The van der Waals surface area contributed by atoms with Crippen LogP contribution in [-0.2, 0) is 0 Å². The van der Waals surface area contributed by atoms with Gasteiger partial charge in [-0.2, -0.15) is 0 Å². The summed E-state index contributed by atoms with van der Waals surface area (Å²) in [4.78, 5) is 0. The van der Waals surface area contributed by atoms with Gasteiger partial charge in [-0.1, -0.05) is 35.3 Å². The standard InChI is InChI=1S/C14H12Cl2F2N2/c15-11-5-7(17)1-3-9(11)13(19)14(20)10-4-2-8(18)6-12(10)16/h1-6,13-14H,19-20H2. The summed E-state index contributed by atoms with van der Waals surface area (Å²) >= 11 is 11.9. The minimum absolute atomic E-state index is 0.186. The Balaban J connectivity index is 2.34. The van der Waals surface area contributed by atoms with Crippen molar-refractivity contribution in [2.24, 2.45) is 11.5 Å². The Kier molecular flexibility index (Phi) is 4.60. The van der Waals surface area contributed by atoms with Crippen molar-refractivity contribution in [3.05, 3.63) is 69.2 Å². The fourth-order valence-electron chi connectivity index (χ4n) is 1.93. The third-order valence-electron chi connectivity index (χ3n) is 3.03. The first kappa shape index (κ1) is 15.2. The Morgan fingerprint density at radius 3 is 1.40 bits per heavy atom. The molecule has 2 atom stereocenters. The quantitative estimate of drug-likeness (QED) is 0.900. The Morgan fingerprint density at radius 2 is 1.10 bits per heavy atom. The van der Waals surface area contributed by atoms with Gasteiger partial charge in [0.2, 0.25) is 0 Å². The van der Waals surface area contributed by atoms with E-state index in [9.17, 15) is 8.78 Å². The lowest BCUT2D eigenvalue weighted by molar-refractivity contribution is 0.567. The SMILES string of the molecule is NC(c1ccc(F)cc1Cl)C(N)c1ccc(F)cc1Cl. The molecule has 0 fully saturated rings. The number of benzene rings is 2. The van der Waals surface area contributed by atoms with E-state index in [1.807, 2.05) is 0 Å². The third-order valence-corrected chi connectivity index (χ3v) is 3.68. The zero-order valence-electron chi connectivity index (χ0n) is 10.3. The molecule has 2 nitrogen and oxygen atoms in total. The molecule has 0 heterocycles. The predicted octanol–water partition coefficient (Wildman–Crippen LogP) is 3.97. The van der Waals surface area contributed by atoms with Crippen molar-refractivity contribution in [1.82, 2.24) is 0 Å². The minimum Gasteiger partial charge on any atom is -0.322 e. The topological polar surface area (TPSA) is 52.0 Å². The van der Waals surface area contributed by atoms with Crippen molar-refractivity contribution in [3.63, 3.8) is 0 Å². The largest absolute Gasteiger partial charge is 0.322 e. The molecular weight excluding hydrogens is 305 g/mol. The minimum atomic E-state index is -0.689. The highest BCUT2D eigenvalue weighted by Crippen LogP contribution is 2.33. The van der Waals surface area contributed by atoms with Gasteiger partial charge in [0, 0.05) is 10.0 Å². The molecule has 0 amide bonds. The highest BCUT2D eigenvalue weighted by Gasteiger charge is 2.22. The normalized spacial score (nSPS) is 14.1. The molecule has 2 aromatic rings. The third kappa shape index (κ3) is 3.10. The molecule has 0 bridgehead atoms. The predicted molar refractivity (Wildman–Crippen MR) is 76.7 cm³/mol. The lowest BCUT2D eigenvalue weighted by Crippen LogP contribution is -2.27.